The van der Waals surface area contributed by atoms with Gasteiger partial charge in [-0.15, -0.1) is 0 Å². The number of anilines is 1. The first-order chi connectivity index (χ1) is 13.2. The van der Waals surface area contributed by atoms with Gasteiger partial charge in [-0.3, -0.25) is 9.69 Å². The van der Waals surface area contributed by atoms with Gasteiger partial charge in [0, 0.05) is 17.8 Å². The maximum Gasteiger partial charge on any atom is 0.255 e. The molecule has 6 nitrogen and oxygen atoms in total. The second-order valence-corrected chi connectivity index (χ2v) is 6.41. The van der Waals surface area contributed by atoms with E-state index in [9.17, 15) is 4.79 Å². The number of nitrogens with zero attached hydrogens (tertiary/aromatic N) is 4. The summed E-state index contributed by atoms with van der Waals surface area (Å²) in [4.78, 5) is 18.8. The first-order valence-corrected chi connectivity index (χ1v) is 9.22. The minimum Gasteiger partial charge on any atom is -0.322 e. The Bertz CT molecular complexity index is 855. The van der Waals surface area contributed by atoms with Gasteiger partial charge >= 0.3 is 0 Å². The number of rotatable bonds is 8. The van der Waals surface area contributed by atoms with Gasteiger partial charge in [0.1, 0.15) is 12.7 Å². The Labute approximate surface area is 159 Å². The highest BCUT2D eigenvalue weighted by molar-refractivity contribution is 6.04. The van der Waals surface area contributed by atoms with Crippen LogP contribution in [-0.2, 0) is 13.1 Å². The largest absolute Gasteiger partial charge is 0.322 e. The lowest BCUT2D eigenvalue weighted by Gasteiger charge is -2.18. The molecule has 0 saturated carbocycles. The molecule has 0 bridgehead atoms. The molecule has 1 N–H and O–H groups in total. The second-order valence-electron chi connectivity index (χ2n) is 6.41. The molecule has 1 aromatic heterocycles. The molecule has 6 heteroatoms. The lowest BCUT2D eigenvalue weighted by atomic mass is 10.1. The first kappa shape index (κ1) is 18.8. The van der Waals surface area contributed by atoms with E-state index >= 15 is 0 Å². The molecule has 0 atom stereocenters. The number of nitrogens with one attached hydrogen (secondary N) is 1. The van der Waals surface area contributed by atoms with Gasteiger partial charge in [0.05, 0.1) is 6.54 Å². The Hall–Kier alpha value is -2.99. The molecule has 3 rings (SSSR count). The summed E-state index contributed by atoms with van der Waals surface area (Å²) in [6.45, 7) is 7.84. The van der Waals surface area contributed by atoms with Crippen molar-refractivity contribution in [2.45, 2.75) is 26.9 Å². The van der Waals surface area contributed by atoms with Crippen molar-refractivity contribution in [2.75, 3.05) is 18.4 Å². The van der Waals surface area contributed by atoms with E-state index in [1.165, 1.54) is 11.9 Å². The van der Waals surface area contributed by atoms with Gasteiger partial charge in [-0.2, -0.15) is 5.10 Å². The molecular formula is C21H25N5O. The smallest absolute Gasteiger partial charge is 0.255 e. The van der Waals surface area contributed by atoms with Gasteiger partial charge in [0.25, 0.3) is 5.91 Å². The number of aromatic nitrogens is 3. The van der Waals surface area contributed by atoms with E-state index in [4.69, 9.17) is 0 Å². The van der Waals surface area contributed by atoms with Crippen molar-refractivity contribution >= 4 is 11.6 Å². The van der Waals surface area contributed by atoms with Crippen molar-refractivity contribution in [1.82, 2.24) is 19.7 Å². The number of carbonyl (C=O) groups is 1. The lowest BCUT2D eigenvalue weighted by Crippen LogP contribution is -2.22. The van der Waals surface area contributed by atoms with Crippen LogP contribution in [0.4, 0.5) is 5.69 Å². The van der Waals surface area contributed by atoms with Crippen LogP contribution in [0.3, 0.4) is 0 Å². The average Bonchev–Trinajstić information content (AvgIpc) is 3.20. The Balaban J connectivity index is 1.63. The lowest BCUT2D eigenvalue weighted by molar-refractivity contribution is 0.102. The fraction of sp³-hybridized carbons (Fsp3) is 0.286. The highest BCUT2D eigenvalue weighted by atomic mass is 16.1. The van der Waals surface area contributed by atoms with Crippen LogP contribution in [0.15, 0.2) is 61.2 Å². The van der Waals surface area contributed by atoms with Gasteiger partial charge in [0.2, 0.25) is 0 Å². The molecule has 0 aliphatic carbocycles. The Kier molecular flexibility index (Phi) is 6.33. The molecule has 3 aromatic rings. The maximum atomic E-state index is 12.5. The first-order valence-electron chi connectivity index (χ1n) is 9.22. The van der Waals surface area contributed by atoms with Crippen LogP contribution >= 0.6 is 0 Å². The van der Waals surface area contributed by atoms with Gasteiger partial charge in [-0.05, 0) is 48.5 Å². The number of carbonyl (C=O) groups excluding carboxylic acids is 1. The van der Waals surface area contributed by atoms with Crippen molar-refractivity contribution < 1.29 is 4.79 Å². The van der Waals surface area contributed by atoms with Crippen LogP contribution in [0, 0.1) is 0 Å². The monoisotopic (exact) mass is 363 g/mol. The minimum absolute atomic E-state index is 0.109. The molecule has 140 valence electrons. The zero-order valence-electron chi connectivity index (χ0n) is 15.8. The molecule has 0 aliphatic heterocycles. The van der Waals surface area contributed by atoms with Crippen LogP contribution in [-0.4, -0.2) is 38.7 Å². The van der Waals surface area contributed by atoms with E-state index < -0.39 is 0 Å². The SMILES string of the molecule is CCN(CC)Cc1cccc(NC(=O)c2ccc(Cn3cncn3)cc2)c1. The topological polar surface area (TPSA) is 63.1 Å². The van der Waals surface area contributed by atoms with Crippen molar-refractivity contribution in [3.05, 3.63) is 77.9 Å². The highest BCUT2D eigenvalue weighted by Gasteiger charge is 2.08. The van der Waals surface area contributed by atoms with Crippen molar-refractivity contribution in [3.8, 4) is 0 Å². The quantitative estimate of drug-likeness (QED) is 0.666. The summed E-state index contributed by atoms with van der Waals surface area (Å²) in [5.41, 5.74) is 3.71. The molecule has 0 spiro atoms. The van der Waals surface area contributed by atoms with Crippen LogP contribution in [0.5, 0.6) is 0 Å². The van der Waals surface area contributed by atoms with E-state index in [-0.39, 0.29) is 5.91 Å². The molecule has 0 aliphatic rings. The van der Waals surface area contributed by atoms with Crippen molar-refractivity contribution in [1.29, 1.82) is 0 Å². The van der Waals surface area contributed by atoms with Crippen LogP contribution in [0.2, 0.25) is 0 Å². The number of hydrogen-bond acceptors (Lipinski definition) is 4. The highest BCUT2D eigenvalue weighted by Crippen LogP contribution is 2.15. The third kappa shape index (κ3) is 5.24. The predicted octanol–water partition coefficient (Wildman–Crippen LogP) is 3.42. The Morgan fingerprint density at radius 1 is 1.07 bits per heavy atom. The number of benzene rings is 2. The molecule has 2 aromatic carbocycles. The van der Waals surface area contributed by atoms with Crippen LogP contribution in [0.25, 0.3) is 0 Å². The zero-order chi connectivity index (χ0) is 19.1. The minimum atomic E-state index is -0.109. The molecule has 0 saturated heterocycles. The second kappa shape index (κ2) is 9.09. The Morgan fingerprint density at radius 2 is 1.85 bits per heavy atom. The third-order valence-electron chi connectivity index (χ3n) is 4.51. The number of hydrogen-bond donors (Lipinski definition) is 1. The maximum absolute atomic E-state index is 12.5. The van der Waals surface area contributed by atoms with E-state index in [0.29, 0.717) is 12.1 Å². The summed E-state index contributed by atoms with van der Waals surface area (Å²) < 4.78 is 1.75. The van der Waals surface area contributed by atoms with Crippen LogP contribution in [0.1, 0.15) is 35.3 Å². The molecule has 0 unspecified atom stereocenters. The van der Waals surface area contributed by atoms with Crippen molar-refractivity contribution in [2.24, 2.45) is 0 Å². The normalized spacial score (nSPS) is 10.9. The van der Waals surface area contributed by atoms with Gasteiger partial charge in [0.15, 0.2) is 0 Å². The third-order valence-corrected chi connectivity index (χ3v) is 4.51. The van der Waals surface area contributed by atoms with Gasteiger partial charge < -0.3 is 5.32 Å². The molecular weight excluding hydrogens is 338 g/mol. The summed E-state index contributed by atoms with van der Waals surface area (Å²) >= 11 is 0. The predicted molar refractivity (Wildman–Crippen MR) is 107 cm³/mol. The zero-order valence-corrected chi connectivity index (χ0v) is 15.8. The van der Waals surface area contributed by atoms with Crippen LogP contribution < -0.4 is 5.32 Å². The molecule has 1 amide bonds. The van der Waals surface area contributed by atoms with E-state index in [1.807, 2.05) is 42.5 Å². The van der Waals surface area contributed by atoms with E-state index in [0.717, 1.165) is 30.9 Å². The fourth-order valence-corrected chi connectivity index (χ4v) is 2.92. The van der Waals surface area contributed by atoms with E-state index in [2.05, 4.69) is 40.2 Å². The standard InChI is InChI=1S/C21H25N5O/c1-3-25(4-2)13-18-6-5-7-20(12-18)24-21(27)19-10-8-17(9-11-19)14-26-16-22-15-23-26/h5-12,15-16H,3-4,13-14H2,1-2H3,(H,24,27). The summed E-state index contributed by atoms with van der Waals surface area (Å²) in [5, 5.41) is 7.08. The van der Waals surface area contributed by atoms with Gasteiger partial charge in [-0.25, -0.2) is 9.67 Å². The summed E-state index contributed by atoms with van der Waals surface area (Å²) in [6.07, 6.45) is 3.18. The molecule has 1 heterocycles. The number of amides is 1. The average molecular weight is 363 g/mol. The fourth-order valence-electron chi connectivity index (χ4n) is 2.92. The summed E-state index contributed by atoms with van der Waals surface area (Å²) in [6, 6.07) is 15.6. The summed E-state index contributed by atoms with van der Waals surface area (Å²) in [5.74, 6) is -0.109. The van der Waals surface area contributed by atoms with E-state index in [1.54, 1.807) is 11.0 Å². The van der Waals surface area contributed by atoms with Crippen molar-refractivity contribution in [3.63, 3.8) is 0 Å². The molecule has 27 heavy (non-hydrogen) atoms. The molecule has 0 radical (unpaired) electrons. The summed E-state index contributed by atoms with van der Waals surface area (Å²) in [7, 11) is 0. The molecule has 0 fully saturated rings. The Morgan fingerprint density at radius 3 is 2.52 bits per heavy atom. The van der Waals surface area contributed by atoms with Gasteiger partial charge in [-0.1, -0.05) is 38.1 Å².